The Kier molecular flexibility index (Phi) is 4.22. The average molecular weight is 378 g/mol. The molecule has 1 unspecified atom stereocenters. The molecule has 0 spiro atoms. The van der Waals surface area contributed by atoms with Crippen LogP contribution in [0.1, 0.15) is 62.0 Å². The first-order valence-electron chi connectivity index (χ1n) is 9.00. The van der Waals surface area contributed by atoms with E-state index < -0.39 is 17.9 Å². The molecule has 28 heavy (non-hydrogen) atoms. The van der Waals surface area contributed by atoms with Crippen LogP contribution in [0.3, 0.4) is 0 Å². The van der Waals surface area contributed by atoms with E-state index in [1.54, 1.807) is 24.3 Å². The molecule has 7 nitrogen and oxygen atoms in total. The van der Waals surface area contributed by atoms with Crippen molar-refractivity contribution < 1.29 is 23.9 Å². The van der Waals surface area contributed by atoms with E-state index in [2.05, 4.69) is 5.32 Å². The zero-order chi connectivity index (χ0) is 20.0. The van der Waals surface area contributed by atoms with Gasteiger partial charge in [-0.2, -0.15) is 0 Å². The quantitative estimate of drug-likeness (QED) is 0.529. The van der Waals surface area contributed by atoms with Gasteiger partial charge in [0.1, 0.15) is 0 Å². The van der Waals surface area contributed by atoms with Gasteiger partial charge in [-0.15, -0.1) is 0 Å². The van der Waals surface area contributed by atoms with Crippen LogP contribution in [-0.2, 0) is 9.53 Å². The molecular weight excluding hydrogens is 360 g/mol. The maximum atomic E-state index is 12.9. The number of ether oxygens (including phenoxy) is 1. The molecule has 1 atom stereocenters. The lowest BCUT2D eigenvalue weighted by atomic mass is 9.82. The van der Waals surface area contributed by atoms with E-state index in [-0.39, 0.29) is 45.7 Å². The van der Waals surface area contributed by atoms with Crippen LogP contribution < -0.4 is 11.1 Å². The van der Waals surface area contributed by atoms with Crippen LogP contribution in [0, 0.1) is 0 Å². The van der Waals surface area contributed by atoms with Crippen molar-refractivity contribution in [3.05, 3.63) is 64.2 Å². The molecule has 2 aromatic rings. The Morgan fingerprint density at radius 1 is 1.04 bits per heavy atom. The first kappa shape index (κ1) is 17.9. The van der Waals surface area contributed by atoms with E-state index in [0.717, 1.165) is 12.8 Å². The summed E-state index contributed by atoms with van der Waals surface area (Å²) in [6.07, 6.45) is 0.838. The molecule has 1 fully saturated rings. The molecule has 4 rings (SSSR count). The fourth-order valence-corrected chi connectivity index (χ4v) is 3.21. The van der Waals surface area contributed by atoms with Gasteiger partial charge in [-0.3, -0.25) is 14.4 Å². The Morgan fingerprint density at radius 3 is 2.32 bits per heavy atom. The van der Waals surface area contributed by atoms with Crippen LogP contribution in [0.5, 0.6) is 0 Å². The third-order valence-corrected chi connectivity index (χ3v) is 4.93. The number of nitrogens with two attached hydrogens (primary N) is 1. The fourth-order valence-electron chi connectivity index (χ4n) is 3.21. The molecule has 0 radical (unpaired) electrons. The highest BCUT2D eigenvalue weighted by atomic mass is 16.5. The zero-order valence-electron chi connectivity index (χ0n) is 15.2. The number of fused-ring (bicyclic) bond motifs is 2. The Morgan fingerprint density at radius 2 is 1.68 bits per heavy atom. The normalized spacial score (nSPS) is 16.0. The number of carbonyl (C=O) groups is 4. The van der Waals surface area contributed by atoms with Gasteiger partial charge in [0, 0.05) is 22.7 Å². The van der Waals surface area contributed by atoms with Gasteiger partial charge in [-0.1, -0.05) is 24.3 Å². The lowest BCUT2D eigenvalue weighted by Gasteiger charge is -2.20. The largest absolute Gasteiger partial charge is 0.449 e. The van der Waals surface area contributed by atoms with Crippen LogP contribution >= 0.6 is 0 Å². The summed E-state index contributed by atoms with van der Waals surface area (Å²) < 4.78 is 5.20. The molecule has 142 valence electrons. The molecule has 0 aliphatic heterocycles. The van der Waals surface area contributed by atoms with Crippen molar-refractivity contribution in [2.24, 2.45) is 0 Å². The van der Waals surface area contributed by atoms with Gasteiger partial charge in [-0.05, 0) is 31.9 Å². The Hall–Kier alpha value is -3.48. The van der Waals surface area contributed by atoms with Crippen LogP contribution in [0.25, 0.3) is 0 Å². The molecule has 0 aromatic heterocycles. The van der Waals surface area contributed by atoms with Crippen molar-refractivity contribution in [2.75, 3.05) is 5.73 Å². The van der Waals surface area contributed by atoms with Crippen molar-refractivity contribution in [1.29, 1.82) is 0 Å². The molecule has 1 saturated carbocycles. The molecular formula is C21H18N2O5. The number of hydrogen-bond donors (Lipinski definition) is 2. The summed E-state index contributed by atoms with van der Waals surface area (Å²) in [5.41, 5.74) is 6.61. The summed E-state index contributed by atoms with van der Waals surface area (Å²) in [6.45, 7) is 1.47. The summed E-state index contributed by atoms with van der Waals surface area (Å²) >= 11 is 0. The highest BCUT2D eigenvalue weighted by molar-refractivity contribution is 6.30. The number of ketones is 2. The third-order valence-electron chi connectivity index (χ3n) is 4.93. The first-order chi connectivity index (χ1) is 13.4. The van der Waals surface area contributed by atoms with Gasteiger partial charge in [0.15, 0.2) is 17.7 Å². The number of benzene rings is 2. The van der Waals surface area contributed by atoms with E-state index in [4.69, 9.17) is 10.5 Å². The molecule has 7 heteroatoms. The van der Waals surface area contributed by atoms with Crippen molar-refractivity contribution in [3.63, 3.8) is 0 Å². The maximum Gasteiger partial charge on any atom is 0.341 e. The summed E-state index contributed by atoms with van der Waals surface area (Å²) in [6, 6.07) is 9.35. The van der Waals surface area contributed by atoms with E-state index in [9.17, 15) is 19.2 Å². The summed E-state index contributed by atoms with van der Waals surface area (Å²) in [5.74, 6) is -1.95. The van der Waals surface area contributed by atoms with Crippen LogP contribution in [0.15, 0.2) is 36.4 Å². The molecule has 0 bridgehead atoms. The predicted octanol–water partition coefficient (Wildman–Crippen LogP) is 1.87. The van der Waals surface area contributed by atoms with E-state index in [1.807, 2.05) is 0 Å². The van der Waals surface area contributed by atoms with Crippen molar-refractivity contribution in [3.8, 4) is 0 Å². The molecule has 0 saturated heterocycles. The highest BCUT2D eigenvalue weighted by Crippen LogP contribution is 2.33. The summed E-state index contributed by atoms with van der Waals surface area (Å²) in [7, 11) is 0. The minimum absolute atomic E-state index is 0.00626. The van der Waals surface area contributed by atoms with Crippen molar-refractivity contribution >= 4 is 29.1 Å². The zero-order valence-corrected chi connectivity index (χ0v) is 15.2. The van der Waals surface area contributed by atoms with Crippen LogP contribution in [0.2, 0.25) is 0 Å². The van der Waals surface area contributed by atoms with E-state index in [0.29, 0.717) is 5.56 Å². The minimum atomic E-state index is -0.999. The Labute approximate surface area is 160 Å². The SMILES string of the molecule is CC(OC(=O)c1ccc2c(c1N)C(=O)c1ccccc1C2=O)C(=O)NC1CC1. The molecule has 0 heterocycles. The third kappa shape index (κ3) is 2.94. The van der Waals surface area contributed by atoms with Gasteiger partial charge in [0.05, 0.1) is 16.8 Å². The standard InChI is InChI=1S/C21H18N2O5/c1-10(20(26)23-11-6-7-11)28-21(27)15-9-8-14-16(17(15)22)19(25)13-5-3-2-4-12(13)18(14)24/h2-5,8-11H,6-7,22H2,1H3,(H,23,26). The second-order valence-corrected chi connectivity index (χ2v) is 6.98. The smallest absolute Gasteiger partial charge is 0.341 e. The number of amides is 1. The topological polar surface area (TPSA) is 116 Å². The molecule has 2 aromatic carbocycles. The summed E-state index contributed by atoms with van der Waals surface area (Å²) in [5, 5.41) is 2.75. The molecule has 2 aliphatic carbocycles. The van der Waals surface area contributed by atoms with E-state index >= 15 is 0 Å². The van der Waals surface area contributed by atoms with Gasteiger partial charge in [0.25, 0.3) is 5.91 Å². The lowest BCUT2D eigenvalue weighted by molar-refractivity contribution is -0.129. The van der Waals surface area contributed by atoms with Gasteiger partial charge >= 0.3 is 5.97 Å². The maximum absolute atomic E-state index is 12.9. The number of nitrogens with one attached hydrogen (secondary N) is 1. The first-order valence-corrected chi connectivity index (χ1v) is 9.00. The molecule has 1 amide bonds. The number of nitrogen functional groups attached to an aromatic ring is 1. The minimum Gasteiger partial charge on any atom is -0.449 e. The summed E-state index contributed by atoms with van der Waals surface area (Å²) in [4.78, 5) is 50.1. The second-order valence-electron chi connectivity index (χ2n) is 6.98. The van der Waals surface area contributed by atoms with Gasteiger partial charge in [0.2, 0.25) is 0 Å². The number of hydrogen-bond acceptors (Lipinski definition) is 6. The molecule has 3 N–H and O–H groups in total. The lowest BCUT2D eigenvalue weighted by Crippen LogP contribution is -2.37. The number of carbonyl (C=O) groups excluding carboxylic acids is 4. The number of rotatable bonds is 4. The number of esters is 1. The second kappa shape index (κ2) is 6.60. The van der Waals surface area contributed by atoms with E-state index in [1.165, 1.54) is 19.1 Å². The highest BCUT2D eigenvalue weighted by Gasteiger charge is 2.34. The van der Waals surface area contributed by atoms with Crippen molar-refractivity contribution in [2.45, 2.75) is 31.9 Å². The fraction of sp³-hybridized carbons (Fsp3) is 0.238. The van der Waals surface area contributed by atoms with Crippen molar-refractivity contribution in [1.82, 2.24) is 5.32 Å². The van der Waals surface area contributed by atoms with Gasteiger partial charge < -0.3 is 15.8 Å². The predicted molar refractivity (Wildman–Crippen MR) is 100 cm³/mol. The molecule has 2 aliphatic rings. The van der Waals surface area contributed by atoms with Gasteiger partial charge in [-0.25, -0.2) is 4.79 Å². The number of anilines is 1. The monoisotopic (exact) mass is 378 g/mol. The van der Waals surface area contributed by atoms with Crippen LogP contribution in [0.4, 0.5) is 5.69 Å². The average Bonchev–Trinajstić information content (AvgIpc) is 3.49. The Balaban J connectivity index is 1.63. The Bertz CT molecular complexity index is 1040. The van der Waals surface area contributed by atoms with Crippen LogP contribution in [-0.4, -0.2) is 35.6 Å².